The minimum atomic E-state index is -0.380. The van der Waals surface area contributed by atoms with E-state index < -0.39 is 0 Å². The summed E-state index contributed by atoms with van der Waals surface area (Å²) < 4.78 is 0. The van der Waals surface area contributed by atoms with E-state index in [1.165, 1.54) is 0 Å². The first-order valence-electron chi connectivity index (χ1n) is 1.96. The molecule has 0 atom stereocenters. The van der Waals surface area contributed by atoms with E-state index >= 15 is 0 Å². The number of Topliss-reactive ketones (excluding diaryl/α,β-unsaturated/α-hetero) is 1. The average molecular weight is 197 g/mol. The predicted molar refractivity (Wildman–Crippen MR) is 37.4 cm³/mol. The summed E-state index contributed by atoms with van der Waals surface area (Å²) in [4.78, 5) is 20.3. The van der Waals surface area contributed by atoms with Crippen LogP contribution in [0.4, 0.5) is 0 Å². The summed E-state index contributed by atoms with van der Waals surface area (Å²) in [6.07, 6.45) is -0.0750. The van der Waals surface area contributed by atoms with Gasteiger partial charge in [-0.15, -0.1) is 12.6 Å². The zero-order valence-corrected chi connectivity index (χ0v) is 6.54. The second-order valence-electron chi connectivity index (χ2n) is 1.24. The van der Waals surface area contributed by atoms with Crippen LogP contribution in [0.15, 0.2) is 0 Å². The van der Waals surface area contributed by atoms with Crippen LogP contribution in [-0.2, 0) is 9.59 Å². The first-order chi connectivity index (χ1) is 3.66. The molecule has 8 heavy (non-hydrogen) atoms. The molecule has 0 N–H and O–H groups in total. The van der Waals surface area contributed by atoms with Crippen molar-refractivity contribution < 1.29 is 9.59 Å². The zero-order valence-electron chi connectivity index (χ0n) is 4.06. The summed E-state index contributed by atoms with van der Waals surface area (Å²) in [5.41, 5.74) is 0. The summed E-state index contributed by atoms with van der Waals surface area (Å²) in [5.74, 6) is -0.134. The molecular formula is C4H5BrO2S. The quantitative estimate of drug-likeness (QED) is 0.412. The number of halogens is 1. The van der Waals surface area contributed by atoms with E-state index in [2.05, 4.69) is 28.6 Å². The van der Waals surface area contributed by atoms with Gasteiger partial charge in [0.1, 0.15) is 0 Å². The molecule has 2 nitrogen and oxygen atoms in total. The van der Waals surface area contributed by atoms with E-state index in [1.807, 2.05) is 0 Å². The number of carbonyl (C=O) groups excluding carboxylic acids is 2. The third-order valence-corrected chi connectivity index (χ3v) is 1.28. The molecule has 0 aliphatic carbocycles. The van der Waals surface area contributed by atoms with E-state index in [1.54, 1.807) is 0 Å². The minimum absolute atomic E-state index is 0.0750. The van der Waals surface area contributed by atoms with E-state index in [0.29, 0.717) is 0 Å². The minimum Gasteiger partial charge on any atom is -0.298 e. The fourth-order valence-electron chi connectivity index (χ4n) is 0.216. The summed E-state index contributed by atoms with van der Waals surface area (Å²) in [5, 5.41) is -0.145. The Balaban J connectivity index is 3.40. The molecule has 0 spiro atoms. The smallest absolute Gasteiger partial charge is 0.193 e. The van der Waals surface area contributed by atoms with Crippen molar-refractivity contribution in [2.75, 3.05) is 5.33 Å². The highest BCUT2D eigenvalue weighted by molar-refractivity contribution is 9.09. The van der Waals surface area contributed by atoms with Crippen molar-refractivity contribution in [3.05, 3.63) is 0 Å². The predicted octanol–water partition coefficient (Wildman–Crippen LogP) is 0.797. The van der Waals surface area contributed by atoms with Crippen molar-refractivity contribution in [3.8, 4) is 0 Å². The Labute approximate surface area is 61.2 Å². The Kier molecular flexibility index (Phi) is 4.18. The second kappa shape index (κ2) is 4.09. The number of hydrogen-bond acceptors (Lipinski definition) is 2. The maximum atomic E-state index is 10.3. The van der Waals surface area contributed by atoms with Crippen LogP contribution in [0.1, 0.15) is 6.42 Å². The molecule has 0 aliphatic heterocycles. The van der Waals surface area contributed by atoms with Crippen LogP contribution < -0.4 is 0 Å². The first kappa shape index (κ1) is 8.17. The summed E-state index contributed by atoms with van der Waals surface area (Å²) in [6, 6.07) is 0. The molecule has 0 amide bonds. The molecule has 0 heterocycles. The van der Waals surface area contributed by atoms with Crippen molar-refractivity contribution in [2.24, 2.45) is 0 Å². The van der Waals surface area contributed by atoms with Crippen LogP contribution in [-0.4, -0.2) is 16.2 Å². The fourth-order valence-corrected chi connectivity index (χ4v) is 0.591. The number of thiol groups is 1. The monoisotopic (exact) mass is 196 g/mol. The van der Waals surface area contributed by atoms with E-state index in [-0.39, 0.29) is 22.6 Å². The number of carbonyl (C=O) groups is 2. The van der Waals surface area contributed by atoms with Crippen LogP contribution >= 0.6 is 28.6 Å². The van der Waals surface area contributed by atoms with Gasteiger partial charge in [-0.05, 0) is 0 Å². The number of alkyl halides is 1. The Morgan fingerprint density at radius 2 is 2.00 bits per heavy atom. The lowest BCUT2D eigenvalue weighted by atomic mass is 10.3. The molecule has 0 saturated carbocycles. The highest BCUT2D eigenvalue weighted by atomic mass is 79.9. The van der Waals surface area contributed by atoms with Crippen molar-refractivity contribution in [3.63, 3.8) is 0 Å². The summed E-state index contributed by atoms with van der Waals surface area (Å²) in [7, 11) is 0. The normalized spacial score (nSPS) is 8.75. The lowest BCUT2D eigenvalue weighted by Gasteiger charge is -1.85. The lowest BCUT2D eigenvalue weighted by molar-refractivity contribution is -0.121. The highest BCUT2D eigenvalue weighted by Gasteiger charge is 2.01. The van der Waals surface area contributed by atoms with Crippen molar-refractivity contribution >= 4 is 39.5 Å². The molecule has 0 fully saturated rings. The topological polar surface area (TPSA) is 34.1 Å². The molecule has 0 saturated heterocycles. The van der Waals surface area contributed by atoms with Crippen LogP contribution in [0.25, 0.3) is 0 Å². The van der Waals surface area contributed by atoms with Gasteiger partial charge < -0.3 is 0 Å². The van der Waals surface area contributed by atoms with Gasteiger partial charge >= 0.3 is 0 Å². The largest absolute Gasteiger partial charge is 0.298 e. The third kappa shape index (κ3) is 4.33. The molecule has 0 aromatic rings. The van der Waals surface area contributed by atoms with Crippen LogP contribution in [0.5, 0.6) is 0 Å². The van der Waals surface area contributed by atoms with Gasteiger partial charge in [0.25, 0.3) is 0 Å². The number of rotatable bonds is 3. The molecule has 4 heteroatoms. The van der Waals surface area contributed by atoms with Crippen LogP contribution in [0, 0.1) is 0 Å². The molecule has 46 valence electrons. The van der Waals surface area contributed by atoms with Gasteiger partial charge in [0.2, 0.25) is 0 Å². The molecule has 0 unspecified atom stereocenters. The maximum Gasteiger partial charge on any atom is 0.193 e. The van der Waals surface area contributed by atoms with Crippen molar-refractivity contribution in [2.45, 2.75) is 6.42 Å². The molecule has 0 bridgehead atoms. The van der Waals surface area contributed by atoms with Gasteiger partial charge in [0.15, 0.2) is 10.9 Å². The van der Waals surface area contributed by atoms with Crippen LogP contribution in [0.3, 0.4) is 0 Å². The first-order valence-corrected chi connectivity index (χ1v) is 3.53. The lowest BCUT2D eigenvalue weighted by Crippen LogP contribution is -2.02. The Bertz CT molecular complexity index is 113. The van der Waals surface area contributed by atoms with Crippen molar-refractivity contribution in [1.82, 2.24) is 0 Å². The zero-order chi connectivity index (χ0) is 6.57. The van der Waals surface area contributed by atoms with Gasteiger partial charge in [-0.2, -0.15) is 0 Å². The van der Waals surface area contributed by atoms with E-state index in [4.69, 9.17) is 0 Å². The van der Waals surface area contributed by atoms with Gasteiger partial charge in [0.05, 0.1) is 11.8 Å². The molecule has 0 aliphatic rings. The Hall–Kier alpha value is 0.170. The molecule has 0 aromatic heterocycles. The number of ketones is 1. The average Bonchev–Trinajstić information content (AvgIpc) is 1.65. The Morgan fingerprint density at radius 3 is 2.12 bits per heavy atom. The third-order valence-electron chi connectivity index (χ3n) is 0.497. The molecule has 0 radical (unpaired) electrons. The maximum absolute atomic E-state index is 10.3. The second-order valence-corrected chi connectivity index (χ2v) is 2.30. The van der Waals surface area contributed by atoms with E-state index in [0.717, 1.165) is 0 Å². The summed E-state index contributed by atoms with van der Waals surface area (Å²) >= 11 is 6.32. The van der Waals surface area contributed by atoms with Gasteiger partial charge in [-0.3, -0.25) is 9.59 Å². The van der Waals surface area contributed by atoms with Crippen LogP contribution in [0.2, 0.25) is 0 Å². The highest BCUT2D eigenvalue weighted by Crippen LogP contribution is 1.92. The van der Waals surface area contributed by atoms with Crippen molar-refractivity contribution in [1.29, 1.82) is 0 Å². The molecule has 0 aromatic carbocycles. The van der Waals surface area contributed by atoms with E-state index in [9.17, 15) is 9.59 Å². The van der Waals surface area contributed by atoms with Gasteiger partial charge in [-0.25, -0.2) is 0 Å². The van der Waals surface area contributed by atoms with Gasteiger partial charge in [0, 0.05) is 0 Å². The fraction of sp³-hybridized carbons (Fsp3) is 0.500. The number of hydrogen-bond donors (Lipinski definition) is 1. The molecule has 0 rings (SSSR count). The summed E-state index contributed by atoms with van der Waals surface area (Å²) in [6.45, 7) is 0. The molecular weight excluding hydrogens is 192 g/mol. The SMILES string of the molecule is O=C(S)CC(=O)CBr. The Morgan fingerprint density at radius 1 is 1.50 bits per heavy atom. The standard InChI is InChI=1S/C4H5BrO2S/c5-2-3(6)1-4(7)8/h1-2H2,(H,7,8). The van der Waals surface area contributed by atoms with Gasteiger partial charge in [-0.1, -0.05) is 15.9 Å².